The van der Waals surface area contributed by atoms with Crippen LogP contribution in [0.5, 0.6) is 0 Å². The number of hydrogen-bond donors (Lipinski definition) is 0. The second kappa shape index (κ2) is 13.0. The average molecular weight is 598 g/mol. The van der Waals surface area contributed by atoms with Crippen LogP contribution in [0, 0.1) is 25.2 Å². The van der Waals surface area contributed by atoms with Gasteiger partial charge in [-0.1, -0.05) is 85.4 Å². The summed E-state index contributed by atoms with van der Waals surface area (Å²) in [5.74, 6) is 0.621. The molecule has 0 saturated carbocycles. The second-order valence-electron chi connectivity index (χ2n) is 10.7. The summed E-state index contributed by atoms with van der Waals surface area (Å²) in [5.41, 5.74) is 4.53. The van der Waals surface area contributed by atoms with E-state index in [0.717, 1.165) is 48.4 Å². The van der Waals surface area contributed by atoms with Gasteiger partial charge in [0.25, 0.3) is 11.5 Å². The highest BCUT2D eigenvalue weighted by Gasteiger charge is 2.34. The number of para-hydroxylation sites is 1. The standard InChI is InChI=1S/C33H35N5O2S2/c1-4-5-15-37-30(36-18-16-35(17-19-36)26-9-7-6-8-10-26)27(24(3)28(21-34)31(37)39)20-29-32(40)38(33(41)42-29)22-25-13-11-23(2)12-14-25/h6-14,20H,4-5,15-19,22H2,1-3H3/b29-20+. The Kier molecular flexibility index (Phi) is 9.15. The summed E-state index contributed by atoms with van der Waals surface area (Å²) >= 11 is 6.92. The van der Waals surface area contributed by atoms with Crippen LogP contribution in [0.25, 0.3) is 6.08 Å². The number of hydrogen-bond acceptors (Lipinski definition) is 7. The van der Waals surface area contributed by atoms with Crippen LogP contribution in [0.3, 0.4) is 0 Å². The summed E-state index contributed by atoms with van der Waals surface area (Å²) in [6.07, 6.45) is 3.57. The molecule has 2 aliphatic rings. The normalized spacial score (nSPS) is 16.4. The van der Waals surface area contributed by atoms with Crippen molar-refractivity contribution in [3.05, 3.63) is 97.7 Å². The van der Waals surface area contributed by atoms with Crippen molar-refractivity contribution in [2.75, 3.05) is 36.0 Å². The van der Waals surface area contributed by atoms with Gasteiger partial charge in [-0.3, -0.25) is 19.1 Å². The minimum absolute atomic E-state index is 0.124. The molecule has 0 spiro atoms. The number of piperazine rings is 1. The van der Waals surface area contributed by atoms with Gasteiger partial charge in [-0.25, -0.2) is 0 Å². The molecule has 216 valence electrons. The topological polar surface area (TPSA) is 72.6 Å². The lowest BCUT2D eigenvalue weighted by atomic mass is 10.0. The Morgan fingerprint density at radius 3 is 2.29 bits per heavy atom. The minimum atomic E-state index is -0.270. The van der Waals surface area contributed by atoms with E-state index >= 15 is 0 Å². The van der Waals surface area contributed by atoms with Gasteiger partial charge in [0.15, 0.2) is 0 Å². The second-order valence-corrected chi connectivity index (χ2v) is 12.4. The summed E-state index contributed by atoms with van der Waals surface area (Å²) in [4.78, 5) is 34.0. The first-order valence-corrected chi connectivity index (χ1v) is 15.6. The zero-order valence-corrected chi connectivity index (χ0v) is 25.9. The molecule has 1 amide bonds. The zero-order chi connectivity index (χ0) is 29.8. The zero-order valence-electron chi connectivity index (χ0n) is 24.3. The molecule has 3 heterocycles. The van der Waals surface area contributed by atoms with Crippen molar-refractivity contribution in [2.45, 2.75) is 46.7 Å². The Morgan fingerprint density at radius 1 is 0.976 bits per heavy atom. The molecule has 1 aromatic heterocycles. The van der Waals surface area contributed by atoms with Crippen LogP contribution in [0.1, 0.15) is 47.6 Å². The monoisotopic (exact) mass is 597 g/mol. The number of unbranched alkanes of at least 4 members (excludes halogenated alkanes) is 1. The van der Waals surface area contributed by atoms with E-state index in [1.807, 2.05) is 62.4 Å². The molecule has 2 aliphatic heterocycles. The summed E-state index contributed by atoms with van der Waals surface area (Å²) in [7, 11) is 0. The van der Waals surface area contributed by atoms with Gasteiger partial charge in [0.05, 0.1) is 11.4 Å². The van der Waals surface area contributed by atoms with Crippen LogP contribution < -0.4 is 15.4 Å². The number of carbonyl (C=O) groups is 1. The highest BCUT2D eigenvalue weighted by atomic mass is 32.2. The first-order valence-electron chi connectivity index (χ1n) is 14.4. The molecule has 3 aromatic rings. The summed E-state index contributed by atoms with van der Waals surface area (Å²) in [6.45, 7) is 9.84. The number of thiocarbonyl (C=S) groups is 1. The van der Waals surface area contributed by atoms with E-state index in [1.165, 1.54) is 17.4 Å². The lowest BCUT2D eigenvalue weighted by Gasteiger charge is -2.39. The molecule has 2 fully saturated rings. The molecule has 42 heavy (non-hydrogen) atoms. The van der Waals surface area contributed by atoms with Gasteiger partial charge in [0, 0.05) is 44.0 Å². The fourth-order valence-electron chi connectivity index (χ4n) is 5.47. The predicted molar refractivity (Wildman–Crippen MR) is 176 cm³/mol. The Bertz CT molecular complexity index is 1620. The number of carbonyl (C=O) groups excluding carboxylic acids is 1. The van der Waals surface area contributed by atoms with E-state index in [-0.39, 0.29) is 17.0 Å². The van der Waals surface area contributed by atoms with Crippen molar-refractivity contribution in [3.8, 4) is 6.07 Å². The van der Waals surface area contributed by atoms with E-state index in [9.17, 15) is 14.9 Å². The van der Waals surface area contributed by atoms with Crippen LogP contribution in [-0.4, -0.2) is 45.9 Å². The molecule has 0 N–H and O–H groups in total. The summed E-state index contributed by atoms with van der Waals surface area (Å²) < 4.78 is 2.26. The maximum atomic E-state index is 13.7. The van der Waals surface area contributed by atoms with Crippen LogP contribution >= 0.6 is 24.0 Å². The lowest BCUT2D eigenvalue weighted by Crippen LogP contribution is -2.48. The maximum absolute atomic E-state index is 13.7. The number of anilines is 2. The number of amides is 1. The van der Waals surface area contributed by atoms with Crippen molar-refractivity contribution in [1.82, 2.24) is 9.47 Å². The number of thioether (sulfide) groups is 1. The summed E-state index contributed by atoms with van der Waals surface area (Å²) in [5, 5.41) is 10.0. The Labute approximate surface area is 257 Å². The quantitative estimate of drug-likeness (QED) is 0.238. The molecule has 0 unspecified atom stereocenters. The molecule has 0 aliphatic carbocycles. The first-order chi connectivity index (χ1) is 20.3. The van der Waals surface area contributed by atoms with Gasteiger partial charge in [-0.15, -0.1) is 0 Å². The Balaban J connectivity index is 1.54. The smallest absolute Gasteiger partial charge is 0.270 e. The summed E-state index contributed by atoms with van der Waals surface area (Å²) in [6, 6.07) is 20.6. The van der Waals surface area contributed by atoms with E-state index in [0.29, 0.717) is 41.0 Å². The predicted octanol–water partition coefficient (Wildman–Crippen LogP) is 5.86. The molecule has 9 heteroatoms. The molecular weight excluding hydrogens is 563 g/mol. The van der Waals surface area contributed by atoms with Gasteiger partial charge in [-0.05, 0) is 49.6 Å². The molecule has 0 radical (unpaired) electrons. The number of aromatic nitrogens is 1. The SMILES string of the molecule is CCCCn1c(N2CCN(c3ccccc3)CC2)c(/C=C2/SC(=S)N(Cc3ccc(C)cc3)C2=O)c(C)c(C#N)c1=O. The highest BCUT2D eigenvalue weighted by Crippen LogP contribution is 2.37. The van der Waals surface area contributed by atoms with Crippen molar-refractivity contribution >= 4 is 51.8 Å². The van der Waals surface area contributed by atoms with Crippen LogP contribution in [0.4, 0.5) is 11.5 Å². The highest BCUT2D eigenvalue weighted by molar-refractivity contribution is 8.26. The van der Waals surface area contributed by atoms with Crippen molar-refractivity contribution in [2.24, 2.45) is 0 Å². The third-order valence-electron chi connectivity index (χ3n) is 7.89. The number of pyridine rings is 1. The fourth-order valence-corrected chi connectivity index (χ4v) is 6.70. The van der Waals surface area contributed by atoms with E-state index in [2.05, 4.69) is 34.9 Å². The van der Waals surface area contributed by atoms with Gasteiger partial charge in [0.1, 0.15) is 21.8 Å². The number of benzene rings is 2. The Morgan fingerprint density at radius 2 is 1.64 bits per heavy atom. The molecular formula is C33H35N5O2S2. The number of nitriles is 1. The van der Waals surface area contributed by atoms with Crippen molar-refractivity contribution < 1.29 is 4.79 Å². The fraction of sp³-hybridized carbons (Fsp3) is 0.333. The third kappa shape index (κ3) is 6.01. The molecule has 0 atom stereocenters. The van der Waals surface area contributed by atoms with Crippen LogP contribution in [-0.2, 0) is 17.9 Å². The van der Waals surface area contributed by atoms with Crippen molar-refractivity contribution in [3.63, 3.8) is 0 Å². The largest absolute Gasteiger partial charge is 0.368 e. The molecule has 0 bridgehead atoms. The maximum Gasteiger partial charge on any atom is 0.270 e. The Hall–Kier alpha value is -3.87. The van der Waals surface area contributed by atoms with Gasteiger partial charge in [-0.2, -0.15) is 5.26 Å². The van der Waals surface area contributed by atoms with Gasteiger partial charge in [0.2, 0.25) is 0 Å². The van der Waals surface area contributed by atoms with E-state index in [1.54, 1.807) is 9.47 Å². The van der Waals surface area contributed by atoms with E-state index < -0.39 is 0 Å². The number of nitrogens with zero attached hydrogens (tertiary/aromatic N) is 5. The third-order valence-corrected chi connectivity index (χ3v) is 9.27. The van der Waals surface area contributed by atoms with E-state index in [4.69, 9.17) is 12.2 Å². The lowest BCUT2D eigenvalue weighted by molar-refractivity contribution is -0.122. The molecule has 2 aromatic carbocycles. The van der Waals surface area contributed by atoms with Crippen LogP contribution in [0.2, 0.25) is 0 Å². The van der Waals surface area contributed by atoms with Crippen LogP contribution in [0.15, 0.2) is 64.3 Å². The molecule has 5 rings (SSSR count). The average Bonchev–Trinajstić information content (AvgIpc) is 3.27. The number of aryl methyl sites for hydroxylation is 1. The number of rotatable bonds is 8. The first kappa shape index (κ1) is 29.6. The minimum Gasteiger partial charge on any atom is -0.368 e. The molecule has 7 nitrogen and oxygen atoms in total. The molecule has 2 saturated heterocycles. The van der Waals surface area contributed by atoms with Gasteiger partial charge < -0.3 is 9.80 Å². The van der Waals surface area contributed by atoms with Gasteiger partial charge >= 0.3 is 0 Å². The van der Waals surface area contributed by atoms with Crippen molar-refractivity contribution in [1.29, 1.82) is 5.26 Å².